The summed E-state index contributed by atoms with van der Waals surface area (Å²) in [5.74, 6) is 1.31. The highest BCUT2D eigenvalue weighted by atomic mass is 16.5. The number of aromatic amines is 1. The Bertz CT molecular complexity index is 1140. The van der Waals surface area contributed by atoms with E-state index in [-0.39, 0.29) is 6.10 Å². The quantitative estimate of drug-likeness (QED) is 0.591. The van der Waals surface area contributed by atoms with Crippen LogP contribution >= 0.6 is 0 Å². The molecule has 5 rings (SSSR count). The number of ether oxygens (including phenoxy) is 1. The first kappa shape index (κ1) is 17.2. The smallest absolute Gasteiger partial charge is 0.154 e. The molecule has 1 aromatic carbocycles. The van der Waals surface area contributed by atoms with Gasteiger partial charge in [-0.2, -0.15) is 5.10 Å². The molecule has 0 unspecified atom stereocenters. The van der Waals surface area contributed by atoms with Crippen LogP contribution in [0.2, 0.25) is 0 Å². The molecular formula is C21H24N6O. The van der Waals surface area contributed by atoms with Gasteiger partial charge in [0.15, 0.2) is 5.65 Å². The Hall–Kier alpha value is -2.93. The van der Waals surface area contributed by atoms with Gasteiger partial charge in [-0.3, -0.25) is 5.10 Å². The van der Waals surface area contributed by atoms with Crippen LogP contribution in [0.1, 0.15) is 32.4 Å². The highest BCUT2D eigenvalue weighted by Crippen LogP contribution is 2.29. The fourth-order valence-corrected chi connectivity index (χ4v) is 3.89. The molecule has 1 fully saturated rings. The van der Waals surface area contributed by atoms with E-state index < -0.39 is 0 Å². The molecule has 4 aromatic rings. The summed E-state index contributed by atoms with van der Waals surface area (Å²) < 4.78 is 7.60. The molecule has 4 heterocycles. The normalized spacial score (nSPS) is 17.9. The lowest BCUT2D eigenvalue weighted by atomic mass is 10.0. The number of hydrogen-bond acceptors (Lipinski definition) is 5. The minimum absolute atomic E-state index is 0.214. The summed E-state index contributed by atoms with van der Waals surface area (Å²) in [6, 6.07) is 10.4. The van der Waals surface area contributed by atoms with Crippen LogP contribution in [0, 0.1) is 0 Å². The Labute approximate surface area is 163 Å². The van der Waals surface area contributed by atoms with Gasteiger partial charge in [-0.05, 0) is 37.1 Å². The van der Waals surface area contributed by atoms with Gasteiger partial charge >= 0.3 is 0 Å². The fourth-order valence-electron chi connectivity index (χ4n) is 3.89. The number of imidazole rings is 1. The summed E-state index contributed by atoms with van der Waals surface area (Å²) in [4.78, 5) is 6.83. The molecule has 0 bridgehead atoms. The summed E-state index contributed by atoms with van der Waals surface area (Å²) in [7, 11) is 0. The Morgan fingerprint density at radius 2 is 2.11 bits per heavy atom. The average molecular weight is 376 g/mol. The Morgan fingerprint density at radius 1 is 1.21 bits per heavy atom. The van der Waals surface area contributed by atoms with Gasteiger partial charge in [0.1, 0.15) is 5.82 Å². The van der Waals surface area contributed by atoms with Crippen molar-refractivity contribution in [2.24, 2.45) is 0 Å². The second-order valence-electron chi connectivity index (χ2n) is 7.76. The average Bonchev–Trinajstić information content (AvgIpc) is 3.31. The maximum Gasteiger partial charge on any atom is 0.154 e. The van der Waals surface area contributed by atoms with Crippen molar-refractivity contribution in [3.63, 3.8) is 0 Å². The van der Waals surface area contributed by atoms with Gasteiger partial charge in [-0.1, -0.05) is 19.9 Å². The number of morpholine rings is 1. The summed E-state index contributed by atoms with van der Waals surface area (Å²) in [6.07, 6.45) is 2.11. The molecule has 1 saturated heterocycles. The van der Waals surface area contributed by atoms with Gasteiger partial charge in [-0.15, -0.1) is 5.10 Å². The molecule has 0 radical (unpaired) electrons. The van der Waals surface area contributed by atoms with Gasteiger partial charge in [-0.25, -0.2) is 9.50 Å². The second kappa shape index (κ2) is 6.60. The molecule has 1 aliphatic heterocycles. The van der Waals surface area contributed by atoms with E-state index in [1.807, 2.05) is 22.8 Å². The molecule has 0 aliphatic carbocycles. The van der Waals surface area contributed by atoms with Gasteiger partial charge in [0.25, 0.3) is 0 Å². The minimum Gasteiger partial charge on any atom is -0.375 e. The lowest BCUT2D eigenvalue weighted by Crippen LogP contribution is -2.41. The van der Waals surface area contributed by atoms with Crippen LogP contribution in [0.25, 0.3) is 27.8 Å². The van der Waals surface area contributed by atoms with Crippen LogP contribution in [-0.4, -0.2) is 50.6 Å². The summed E-state index contributed by atoms with van der Waals surface area (Å²) >= 11 is 0. The molecule has 1 N–H and O–H groups in total. The molecule has 1 atom stereocenters. The topological polar surface area (TPSA) is 71.3 Å². The van der Waals surface area contributed by atoms with E-state index in [0.29, 0.717) is 5.92 Å². The van der Waals surface area contributed by atoms with E-state index >= 15 is 0 Å². The van der Waals surface area contributed by atoms with E-state index in [2.05, 4.69) is 59.1 Å². The maximum absolute atomic E-state index is 5.66. The van der Waals surface area contributed by atoms with Gasteiger partial charge < -0.3 is 9.64 Å². The minimum atomic E-state index is 0.214. The zero-order valence-corrected chi connectivity index (χ0v) is 16.4. The second-order valence-corrected chi connectivity index (χ2v) is 7.76. The number of aromatic nitrogens is 5. The summed E-state index contributed by atoms with van der Waals surface area (Å²) in [6.45, 7) is 8.85. The molecule has 3 aromatic heterocycles. The van der Waals surface area contributed by atoms with Crippen molar-refractivity contribution in [2.45, 2.75) is 32.8 Å². The van der Waals surface area contributed by atoms with E-state index in [4.69, 9.17) is 9.84 Å². The van der Waals surface area contributed by atoms with Crippen LogP contribution < -0.4 is 4.90 Å². The van der Waals surface area contributed by atoms with E-state index in [1.165, 1.54) is 0 Å². The molecule has 144 valence electrons. The number of rotatable bonds is 3. The van der Waals surface area contributed by atoms with Crippen LogP contribution in [0.4, 0.5) is 5.82 Å². The Balaban J connectivity index is 1.60. The fraction of sp³-hybridized carbons (Fsp3) is 0.381. The zero-order chi connectivity index (χ0) is 19.3. The van der Waals surface area contributed by atoms with Gasteiger partial charge in [0.2, 0.25) is 0 Å². The number of nitrogens with zero attached hydrogens (tertiary/aromatic N) is 5. The lowest BCUT2D eigenvalue weighted by Gasteiger charge is -2.31. The first-order valence-electron chi connectivity index (χ1n) is 9.80. The largest absolute Gasteiger partial charge is 0.375 e. The van der Waals surface area contributed by atoms with Gasteiger partial charge in [0, 0.05) is 24.0 Å². The maximum atomic E-state index is 5.66. The molecule has 7 heteroatoms. The van der Waals surface area contributed by atoms with Crippen molar-refractivity contribution in [3.8, 4) is 11.3 Å². The number of hydrogen-bond donors (Lipinski definition) is 1. The number of fused-ring (bicyclic) bond motifs is 2. The van der Waals surface area contributed by atoms with Crippen molar-refractivity contribution in [3.05, 3.63) is 42.2 Å². The highest BCUT2D eigenvalue weighted by Gasteiger charge is 2.19. The van der Waals surface area contributed by atoms with Crippen molar-refractivity contribution in [1.82, 2.24) is 24.8 Å². The molecule has 1 aliphatic rings. The molecule has 0 amide bonds. The first-order chi connectivity index (χ1) is 13.6. The number of benzene rings is 1. The third kappa shape index (κ3) is 2.82. The molecular weight excluding hydrogens is 352 g/mol. The van der Waals surface area contributed by atoms with Crippen molar-refractivity contribution >= 4 is 22.4 Å². The molecule has 0 spiro atoms. The SMILES string of the molecule is CC(C)c1n[nH]c2ccc(-c3cnc4ccc(N5CCO[C@@H](C)C5)nn34)cc12. The molecule has 7 nitrogen and oxygen atoms in total. The number of nitrogens with one attached hydrogen (secondary N) is 1. The predicted molar refractivity (Wildman–Crippen MR) is 110 cm³/mol. The van der Waals surface area contributed by atoms with E-state index in [0.717, 1.165) is 59.0 Å². The van der Waals surface area contributed by atoms with Crippen LogP contribution in [0.5, 0.6) is 0 Å². The molecule has 28 heavy (non-hydrogen) atoms. The standard InChI is InChI=1S/C21H24N6O/c1-13(2)21-16-10-15(4-5-17(16)23-24-21)18-11-22-19-6-7-20(25-27(18)19)26-8-9-28-14(3)12-26/h4-7,10-11,13-14H,8-9,12H2,1-3H3,(H,23,24)/t14-/m0/s1. The van der Waals surface area contributed by atoms with Crippen molar-refractivity contribution in [2.75, 3.05) is 24.6 Å². The summed E-state index contributed by atoms with van der Waals surface area (Å²) in [5.41, 5.74) is 5.05. The van der Waals surface area contributed by atoms with Crippen LogP contribution in [0.15, 0.2) is 36.5 Å². The van der Waals surface area contributed by atoms with Gasteiger partial charge in [0.05, 0.1) is 35.8 Å². The van der Waals surface area contributed by atoms with Crippen molar-refractivity contribution in [1.29, 1.82) is 0 Å². The first-order valence-corrected chi connectivity index (χ1v) is 9.80. The monoisotopic (exact) mass is 376 g/mol. The zero-order valence-electron chi connectivity index (χ0n) is 16.4. The highest BCUT2D eigenvalue weighted by molar-refractivity contribution is 5.86. The lowest BCUT2D eigenvalue weighted by molar-refractivity contribution is 0.0529. The Kier molecular flexibility index (Phi) is 4.05. The number of H-pyrrole nitrogens is 1. The number of anilines is 1. The van der Waals surface area contributed by atoms with E-state index in [1.54, 1.807) is 0 Å². The predicted octanol–water partition coefficient (Wildman–Crippen LogP) is 3.62. The van der Waals surface area contributed by atoms with Crippen LogP contribution in [-0.2, 0) is 4.74 Å². The third-order valence-corrected chi connectivity index (χ3v) is 5.35. The Morgan fingerprint density at radius 3 is 2.93 bits per heavy atom. The van der Waals surface area contributed by atoms with E-state index in [9.17, 15) is 0 Å². The molecule has 0 saturated carbocycles. The van der Waals surface area contributed by atoms with Crippen LogP contribution in [0.3, 0.4) is 0 Å². The van der Waals surface area contributed by atoms with Crippen molar-refractivity contribution < 1.29 is 4.74 Å². The summed E-state index contributed by atoms with van der Waals surface area (Å²) in [5, 5.41) is 13.7. The third-order valence-electron chi connectivity index (χ3n) is 5.35.